The minimum atomic E-state index is -1.13. The van der Waals surface area contributed by atoms with E-state index in [-0.39, 0.29) is 0 Å². The minimum absolute atomic E-state index is 0.434. The number of hydrogen-bond donors (Lipinski definition) is 4. The van der Waals surface area contributed by atoms with Crippen molar-refractivity contribution in [3.63, 3.8) is 0 Å². The lowest BCUT2D eigenvalue weighted by atomic mass is 10.1. The third kappa shape index (κ3) is 1.63. The highest BCUT2D eigenvalue weighted by molar-refractivity contribution is 5.69. The first-order valence-electron chi connectivity index (χ1n) is 4.73. The molecule has 0 fully saturated rings. The molecule has 6 nitrogen and oxygen atoms in total. The molecule has 1 aliphatic rings. The van der Waals surface area contributed by atoms with Gasteiger partial charge in [0.2, 0.25) is 0 Å². The van der Waals surface area contributed by atoms with E-state index in [1.165, 1.54) is 6.07 Å². The number of aliphatic hydroxyl groups excluding tert-OH is 2. The third-order valence-electron chi connectivity index (χ3n) is 2.61. The van der Waals surface area contributed by atoms with Crippen LogP contribution in [-0.2, 0) is 4.79 Å². The van der Waals surface area contributed by atoms with E-state index in [0.717, 1.165) is 4.90 Å². The molecule has 0 spiro atoms. The zero-order valence-corrected chi connectivity index (χ0v) is 8.37. The fourth-order valence-corrected chi connectivity index (χ4v) is 1.87. The van der Waals surface area contributed by atoms with Gasteiger partial charge in [-0.15, -0.1) is 0 Å². The van der Waals surface area contributed by atoms with Crippen molar-refractivity contribution in [2.45, 2.75) is 12.5 Å². The maximum atomic E-state index is 10.6. The minimum Gasteiger partial charge on any atom is -0.480 e. The van der Waals surface area contributed by atoms with Crippen LogP contribution in [0, 0.1) is 0 Å². The zero-order chi connectivity index (χ0) is 11.9. The Balaban J connectivity index is 2.36. The lowest BCUT2D eigenvalue weighted by molar-refractivity contribution is -0.148. The van der Waals surface area contributed by atoms with Gasteiger partial charge in [0, 0.05) is 16.8 Å². The molecule has 86 valence electrons. The van der Waals surface area contributed by atoms with E-state index in [1.807, 2.05) is 0 Å². The molecular weight excluding hydrogens is 212 g/mol. The van der Waals surface area contributed by atoms with Gasteiger partial charge in [-0.05, 0) is 12.1 Å². The van der Waals surface area contributed by atoms with Crippen molar-refractivity contribution in [1.82, 2.24) is 4.90 Å². The van der Waals surface area contributed by atoms with Gasteiger partial charge in [0.05, 0.1) is 0 Å². The summed E-state index contributed by atoms with van der Waals surface area (Å²) in [7, 11) is 0. The molecule has 1 aromatic carbocycles. The second-order valence-electron chi connectivity index (χ2n) is 3.70. The van der Waals surface area contributed by atoms with Crippen LogP contribution >= 0.6 is 0 Å². The van der Waals surface area contributed by atoms with E-state index in [2.05, 4.69) is 0 Å². The van der Waals surface area contributed by atoms with E-state index in [9.17, 15) is 15.0 Å². The number of aliphatic carboxylic acids is 1. The number of rotatable bonds is 2. The van der Waals surface area contributed by atoms with Crippen LogP contribution in [0.1, 0.15) is 23.6 Å². The maximum Gasteiger partial charge on any atom is 0.317 e. The third-order valence-corrected chi connectivity index (χ3v) is 2.61. The Morgan fingerprint density at radius 1 is 1.31 bits per heavy atom. The first-order valence-corrected chi connectivity index (χ1v) is 4.73. The molecule has 0 radical (unpaired) electrons. The van der Waals surface area contributed by atoms with Crippen molar-refractivity contribution in [1.29, 1.82) is 0 Å². The van der Waals surface area contributed by atoms with Crippen LogP contribution in [0.25, 0.3) is 0 Å². The Bertz CT molecular complexity index is 435. The van der Waals surface area contributed by atoms with Crippen LogP contribution in [0.2, 0.25) is 0 Å². The monoisotopic (exact) mass is 224 g/mol. The second kappa shape index (κ2) is 3.75. The number of anilines is 1. The average Bonchev–Trinajstić information content (AvgIpc) is 2.43. The average molecular weight is 224 g/mol. The van der Waals surface area contributed by atoms with Crippen molar-refractivity contribution in [2.24, 2.45) is 0 Å². The zero-order valence-electron chi connectivity index (χ0n) is 8.37. The van der Waals surface area contributed by atoms with Gasteiger partial charge in [-0.1, -0.05) is 6.07 Å². The Morgan fingerprint density at radius 3 is 2.56 bits per heavy atom. The summed E-state index contributed by atoms with van der Waals surface area (Å²) in [6, 6.07) is 4.71. The van der Waals surface area contributed by atoms with Gasteiger partial charge in [-0.2, -0.15) is 0 Å². The maximum absolute atomic E-state index is 10.6. The fraction of sp³-hybridized carbons (Fsp3) is 0.300. The number of carboxylic acids is 1. The van der Waals surface area contributed by atoms with Gasteiger partial charge in [0.1, 0.15) is 19.0 Å². The molecule has 2 unspecified atom stereocenters. The van der Waals surface area contributed by atoms with Crippen molar-refractivity contribution in [2.75, 3.05) is 12.3 Å². The molecule has 0 saturated heterocycles. The van der Waals surface area contributed by atoms with Gasteiger partial charge >= 0.3 is 5.97 Å². The molecule has 0 bridgehead atoms. The number of aliphatic hydroxyl groups is 2. The highest BCUT2D eigenvalue weighted by Gasteiger charge is 2.37. The number of nitrogen functional groups attached to an aromatic ring is 1. The van der Waals surface area contributed by atoms with Gasteiger partial charge in [0.25, 0.3) is 0 Å². The first-order chi connectivity index (χ1) is 7.50. The molecule has 0 aliphatic carbocycles. The SMILES string of the molecule is Nc1ccc2c(c1)C(O)N(CC(=O)O)C2O. The Hall–Kier alpha value is -1.63. The molecule has 1 heterocycles. The van der Waals surface area contributed by atoms with E-state index >= 15 is 0 Å². The molecule has 0 aromatic heterocycles. The molecule has 16 heavy (non-hydrogen) atoms. The lowest BCUT2D eigenvalue weighted by Crippen LogP contribution is -2.31. The van der Waals surface area contributed by atoms with Gasteiger partial charge < -0.3 is 21.1 Å². The summed E-state index contributed by atoms with van der Waals surface area (Å²) < 4.78 is 0. The Labute approximate surface area is 91.5 Å². The van der Waals surface area contributed by atoms with E-state index in [4.69, 9.17) is 10.8 Å². The van der Waals surface area contributed by atoms with Crippen LogP contribution in [0.4, 0.5) is 5.69 Å². The molecular formula is C10H12N2O4. The summed E-state index contributed by atoms with van der Waals surface area (Å²) in [5.41, 5.74) is 6.96. The van der Waals surface area contributed by atoms with Crippen molar-refractivity contribution in [3.8, 4) is 0 Å². The van der Waals surface area contributed by atoms with Crippen LogP contribution in [0.5, 0.6) is 0 Å². The summed E-state index contributed by atoms with van der Waals surface area (Å²) in [6.45, 7) is -0.434. The molecule has 0 saturated carbocycles. The van der Waals surface area contributed by atoms with Crippen molar-refractivity contribution >= 4 is 11.7 Å². The van der Waals surface area contributed by atoms with E-state index in [1.54, 1.807) is 12.1 Å². The molecule has 5 N–H and O–H groups in total. The molecule has 2 rings (SSSR count). The topological polar surface area (TPSA) is 107 Å². The predicted molar refractivity (Wildman–Crippen MR) is 55.1 cm³/mol. The van der Waals surface area contributed by atoms with Crippen LogP contribution in [-0.4, -0.2) is 32.7 Å². The van der Waals surface area contributed by atoms with E-state index < -0.39 is 25.0 Å². The summed E-state index contributed by atoms with van der Waals surface area (Å²) >= 11 is 0. The number of benzene rings is 1. The molecule has 1 aromatic rings. The number of hydrogen-bond acceptors (Lipinski definition) is 5. The number of carbonyl (C=O) groups is 1. The van der Waals surface area contributed by atoms with Crippen molar-refractivity contribution < 1.29 is 20.1 Å². The first kappa shape index (κ1) is 10.9. The number of carboxylic acid groups (broad SMARTS) is 1. The Morgan fingerprint density at radius 2 is 1.94 bits per heavy atom. The summed E-state index contributed by atoms with van der Waals surface area (Å²) in [5.74, 6) is -1.11. The Kier molecular flexibility index (Phi) is 2.55. The predicted octanol–water partition coefficient (Wildman–Crippen LogP) is -0.349. The van der Waals surface area contributed by atoms with Crippen LogP contribution < -0.4 is 5.73 Å². The summed E-state index contributed by atoms with van der Waals surface area (Å²) in [5, 5.41) is 28.3. The van der Waals surface area contributed by atoms with E-state index in [0.29, 0.717) is 16.8 Å². The molecule has 0 amide bonds. The lowest BCUT2D eigenvalue weighted by Gasteiger charge is -2.21. The molecule has 6 heteroatoms. The summed E-state index contributed by atoms with van der Waals surface area (Å²) in [6.07, 6.45) is -2.24. The van der Waals surface area contributed by atoms with Gasteiger partial charge in [0.15, 0.2) is 0 Å². The second-order valence-corrected chi connectivity index (χ2v) is 3.70. The molecule has 1 aliphatic heterocycles. The van der Waals surface area contributed by atoms with Gasteiger partial charge in [-0.25, -0.2) is 4.90 Å². The van der Waals surface area contributed by atoms with Gasteiger partial charge in [-0.3, -0.25) is 4.79 Å². The number of fused-ring (bicyclic) bond motifs is 1. The normalized spacial score (nSPS) is 24.4. The largest absolute Gasteiger partial charge is 0.480 e. The standard InChI is InChI=1S/C10H12N2O4/c11-5-1-2-6-7(3-5)10(16)12(9(6)15)4-8(13)14/h1-3,9-10,15-16H,4,11H2,(H,13,14). The highest BCUT2D eigenvalue weighted by Crippen LogP contribution is 2.39. The number of nitrogens with two attached hydrogens (primary N) is 1. The smallest absolute Gasteiger partial charge is 0.317 e. The van der Waals surface area contributed by atoms with Crippen LogP contribution in [0.15, 0.2) is 18.2 Å². The molecule has 2 atom stereocenters. The summed E-state index contributed by atoms with van der Waals surface area (Å²) in [4.78, 5) is 11.7. The quantitative estimate of drug-likeness (QED) is 0.511. The van der Waals surface area contributed by atoms with Crippen LogP contribution in [0.3, 0.4) is 0 Å². The number of nitrogens with zero attached hydrogens (tertiary/aromatic N) is 1. The van der Waals surface area contributed by atoms with Crippen molar-refractivity contribution in [3.05, 3.63) is 29.3 Å². The fourth-order valence-electron chi connectivity index (χ4n) is 1.87. The highest BCUT2D eigenvalue weighted by atomic mass is 16.4.